The van der Waals surface area contributed by atoms with E-state index in [-0.39, 0.29) is 17.9 Å². The number of nitrogens with zero attached hydrogens (tertiary/aromatic N) is 1. The highest BCUT2D eigenvalue weighted by atomic mass is 16.6. The third kappa shape index (κ3) is 2.23. The van der Waals surface area contributed by atoms with Gasteiger partial charge in [0, 0.05) is 5.92 Å². The zero-order chi connectivity index (χ0) is 15.4. The molecule has 5 nitrogen and oxygen atoms in total. The molecule has 2 aliphatic carbocycles. The molecule has 5 heteroatoms. The molecule has 0 bridgehead atoms. The van der Waals surface area contributed by atoms with Gasteiger partial charge in [0.05, 0.1) is 17.9 Å². The normalized spacial score (nSPS) is 37.0. The predicted octanol–water partition coefficient (Wildman–Crippen LogP) is 3.01. The average Bonchev–Trinajstić information content (AvgIpc) is 2.96. The zero-order valence-electron chi connectivity index (χ0n) is 12.8. The minimum atomic E-state index is -0.633. The van der Waals surface area contributed by atoms with Gasteiger partial charge in [-0.05, 0) is 45.4 Å². The number of ether oxygens (including phenoxy) is 1. The van der Waals surface area contributed by atoms with Crippen LogP contribution < -0.4 is 0 Å². The van der Waals surface area contributed by atoms with Gasteiger partial charge in [0.25, 0.3) is 5.91 Å². The molecule has 0 unspecified atom stereocenters. The maximum atomic E-state index is 12.5. The average molecular weight is 293 g/mol. The van der Waals surface area contributed by atoms with E-state index in [1.165, 1.54) is 4.90 Å². The van der Waals surface area contributed by atoms with Crippen LogP contribution in [-0.4, -0.2) is 33.6 Å². The second-order valence-corrected chi connectivity index (χ2v) is 7.43. The summed E-state index contributed by atoms with van der Waals surface area (Å²) < 4.78 is 5.40. The van der Waals surface area contributed by atoms with Gasteiger partial charge in [-0.1, -0.05) is 12.8 Å². The molecule has 4 atom stereocenters. The Kier molecular flexibility index (Phi) is 3.26. The number of carbonyl (C=O) groups excluding carboxylic acids is 2. The number of fused-ring (bicyclic) bond motifs is 3. The highest BCUT2D eigenvalue weighted by molar-refractivity contribution is 6.05. The quantitative estimate of drug-likeness (QED) is 0.550. The molecule has 2 saturated carbocycles. The van der Waals surface area contributed by atoms with Crippen molar-refractivity contribution in [1.29, 1.82) is 0 Å². The highest BCUT2D eigenvalue weighted by Crippen LogP contribution is 2.54. The number of hydrogen-bond donors (Lipinski definition) is 1. The second kappa shape index (κ2) is 4.75. The molecule has 116 valence electrons. The third-order valence-electron chi connectivity index (χ3n) is 5.02. The van der Waals surface area contributed by atoms with Crippen LogP contribution in [0.3, 0.4) is 0 Å². The number of rotatable bonds is 0. The maximum Gasteiger partial charge on any atom is 0.417 e. The van der Waals surface area contributed by atoms with Crippen LogP contribution in [0.5, 0.6) is 0 Å². The Labute approximate surface area is 124 Å². The fourth-order valence-corrected chi connectivity index (χ4v) is 4.35. The van der Waals surface area contributed by atoms with E-state index in [4.69, 9.17) is 4.74 Å². The van der Waals surface area contributed by atoms with Gasteiger partial charge in [-0.25, -0.2) is 9.69 Å². The molecular weight excluding hydrogens is 270 g/mol. The van der Waals surface area contributed by atoms with Crippen molar-refractivity contribution in [2.24, 2.45) is 17.8 Å². The Hall–Kier alpha value is -1.52. The first-order chi connectivity index (χ1) is 9.83. The van der Waals surface area contributed by atoms with E-state index < -0.39 is 11.7 Å². The van der Waals surface area contributed by atoms with Crippen LogP contribution in [0.2, 0.25) is 0 Å². The lowest BCUT2D eigenvalue weighted by atomic mass is 9.94. The molecule has 0 aromatic rings. The zero-order valence-corrected chi connectivity index (χ0v) is 12.8. The lowest BCUT2D eigenvalue weighted by Crippen LogP contribution is -2.45. The van der Waals surface area contributed by atoms with Crippen LogP contribution >= 0.6 is 0 Å². The number of aliphatic hydroxyl groups is 1. The molecule has 3 aliphatic rings. The van der Waals surface area contributed by atoms with Crippen LogP contribution in [0.1, 0.15) is 46.5 Å². The molecule has 1 saturated heterocycles. The molecule has 1 aliphatic heterocycles. The van der Waals surface area contributed by atoms with E-state index in [1.54, 1.807) is 20.8 Å². The van der Waals surface area contributed by atoms with Crippen molar-refractivity contribution in [3.63, 3.8) is 0 Å². The van der Waals surface area contributed by atoms with Crippen LogP contribution in [0.25, 0.3) is 0 Å². The molecular formula is C16H23NO4. The van der Waals surface area contributed by atoms with Gasteiger partial charge in [0.15, 0.2) is 0 Å². The van der Waals surface area contributed by atoms with Crippen molar-refractivity contribution in [1.82, 2.24) is 4.90 Å². The number of likely N-dealkylation sites (tertiary alicyclic amines) is 1. The van der Waals surface area contributed by atoms with Crippen molar-refractivity contribution < 1.29 is 19.4 Å². The van der Waals surface area contributed by atoms with E-state index in [0.29, 0.717) is 17.4 Å². The van der Waals surface area contributed by atoms with Crippen LogP contribution in [0.4, 0.5) is 4.79 Å². The van der Waals surface area contributed by atoms with Gasteiger partial charge in [-0.3, -0.25) is 4.79 Å². The molecule has 21 heavy (non-hydrogen) atoms. The number of carbonyl (C=O) groups is 2. The SMILES string of the molecule is CC(C)(C)OC(=O)N1C(=O)/C(=C/O)[C@H]2C[C@@H]3CCC[C@@H]3[C@H]21. The summed E-state index contributed by atoms with van der Waals surface area (Å²) in [5.41, 5.74) is -0.257. The first-order valence-corrected chi connectivity index (χ1v) is 7.74. The molecule has 3 rings (SSSR count). The van der Waals surface area contributed by atoms with Gasteiger partial charge in [-0.2, -0.15) is 0 Å². The standard InChI is InChI=1S/C16H23NO4/c1-16(2,3)21-15(20)17-13-10-6-4-5-9(10)7-11(13)12(8-18)14(17)19/h8-11,13,18H,4-7H2,1-3H3/b12-8+/t9-,10-,11+,13+/m0/s1. The topological polar surface area (TPSA) is 66.8 Å². The summed E-state index contributed by atoms with van der Waals surface area (Å²) >= 11 is 0. The monoisotopic (exact) mass is 293 g/mol. The van der Waals surface area contributed by atoms with E-state index in [0.717, 1.165) is 31.9 Å². The Morgan fingerprint density at radius 1 is 1.38 bits per heavy atom. The van der Waals surface area contributed by atoms with Crippen molar-refractivity contribution in [2.75, 3.05) is 0 Å². The lowest BCUT2D eigenvalue weighted by Gasteiger charge is -2.29. The highest BCUT2D eigenvalue weighted by Gasteiger charge is 2.58. The molecule has 2 amide bonds. The van der Waals surface area contributed by atoms with Crippen molar-refractivity contribution in [3.05, 3.63) is 11.8 Å². The van der Waals surface area contributed by atoms with E-state index in [2.05, 4.69) is 0 Å². The van der Waals surface area contributed by atoms with Gasteiger partial charge in [-0.15, -0.1) is 0 Å². The largest absolute Gasteiger partial charge is 0.515 e. The number of imide groups is 1. The van der Waals surface area contributed by atoms with Crippen molar-refractivity contribution in [2.45, 2.75) is 58.1 Å². The minimum absolute atomic E-state index is 0.0229. The number of amides is 2. The molecule has 1 heterocycles. The fraction of sp³-hybridized carbons (Fsp3) is 0.750. The number of hydrogen-bond acceptors (Lipinski definition) is 4. The number of aliphatic hydroxyl groups excluding tert-OH is 1. The summed E-state index contributed by atoms with van der Waals surface area (Å²) in [6, 6.07) is -0.127. The molecule has 0 aromatic carbocycles. The van der Waals surface area contributed by atoms with Crippen molar-refractivity contribution >= 4 is 12.0 Å². The van der Waals surface area contributed by atoms with Crippen LogP contribution in [0, 0.1) is 17.8 Å². The Balaban J connectivity index is 1.91. The first-order valence-electron chi connectivity index (χ1n) is 7.74. The maximum absolute atomic E-state index is 12.5. The van der Waals surface area contributed by atoms with Gasteiger partial charge < -0.3 is 9.84 Å². The lowest BCUT2D eigenvalue weighted by molar-refractivity contribution is -0.126. The summed E-state index contributed by atoms with van der Waals surface area (Å²) in [6.45, 7) is 5.37. The molecule has 0 aromatic heterocycles. The van der Waals surface area contributed by atoms with Gasteiger partial charge in [0.2, 0.25) is 0 Å². The van der Waals surface area contributed by atoms with Crippen LogP contribution in [-0.2, 0) is 9.53 Å². The summed E-state index contributed by atoms with van der Waals surface area (Å²) in [6.07, 6.45) is 4.58. The Morgan fingerprint density at radius 3 is 2.71 bits per heavy atom. The van der Waals surface area contributed by atoms with E-state index >= 15 is 0 Å². The molecule has 0 radical (unpaired) electrons. The second-order valence-electron chi connectivity index (χ2n) is 7.43. The van der Waals surface area contributed by atoms with Gasteiger partial charge in [0.1, 0.15) is 5.60 Å². The summed E-state index contributed by atoms with van der Waals surface area (Å²) in [4.78, 5) is 26.2. The Morgan fingerprint density at radius 2 is 2.10 bits per heavy atom. The first kappa shape index (κ1) is 14.4. The van der Waals surface area contributed by atoms with Crippen molar-refractivity contribution in [3.8, 4) is 0 Å². The molecule has 0 spiro atoms. The summed E-state index contributed by atoms with van der Waals surface area (Å²) in [7, 11) is 0. The minimum Gasteiger partial charge on any atom is -0.515 e. The molecule has 1 N–H and O–H groups in total. The summed E-state index contributed by atoms with van der Waals surface area (Å²) in [5, 5.41) is 9.42. The predicted molar refractivity (Wildman–Crippen MR) is 76.5 cm³/mol. The fourth-order valence-electron chi connectivity index (χ4n) is 4.35. The molecule has 3 fully saturated rings. The van der Waals surface area contributed by atoms with E-state index in [9.17, 15) is 14.7 Å². The summed E-state index contributed by atoms with van der Waals surface area (Å²) in [5.74, 6) is 0.523. The smallest absolute Gasteiger partial charge is 0.417 e. The van der Waals surface area contributed by atoms with E-state index in [1.807, 2.05) is 0 Å². The Bertz CT molecular complexity index is 505. The van der Waals surface area contributed by atoms with Gasteiger partial charge >= 0.3 is 6.09 Å². The van der Waals surface area contributed by atoms with Crippen LogP contribution in [0.15, 0.2) is 11.8 Å². The third-order valence-corrected chi connectivity index (χ3v) is 5.02.